The lowest BCUT2D eigenvalue weighted by Crippen LogP contribution is -1.92. The quantitative estimate of drug-likeness (QED) is 0.131. The molecule has 0 spiro atoms. The molecule has 0 unspecified atom stereocenters. The summed E-state index contributed by atoms with van der Waals surface area (Å²) in [5, 5.41) is 21.2. The maximum Gasteiger partial charge on any atom is -0.00201 e. The lowest BCUT2D eigenvalue weighted by molar-refractivity contribution is 1.61. The summed E-state index contributed by atoms with van der Waals surface area (Å²) in [6.45, 7) is 0. The summed E-state index contributed by atoms with van der Waals surface area (Å²) in [6, 6.07) is 67.9. The first kappa shape index (κ1) is 28.0. The summed E-state index contributed by atoms with van der Waals surface area (Å²) < 4.78 is 0. The summed E-state index contributed by atoms with van der Waals surface area (Å²) in [6.07, 6.45) is 0. The molecule has 0 aliphatic heterocycles. The Labute approximate surface area is 300 Å². The van der Waals surface area contributed by atoms with Crippen LogP contribution >= 0.6 is 0 Å². The minimum atomic E-state index is 1.24. The molecule has 12 rings (SSSR count). The Morgan fingerprint density at radius 2 is 0.519 bits per heavy atom. The van der Waals surface area contributed by atoms with E-state index in [0.717, 1.165) is 0 Å². The van der Waals surface area contributed by atoms with Gasteiger partial charge in [-0.1, -0.05) is 182 Å². The molecule has 0 radical (unpaired) electrons. The first-order valence-corrected chi connectivity index (χ1v) is 18.2. The van der Waals surface area contributed by atoms with Crippen molar-refractivity contribution in [1.82, 2.24) is 0 Å². The molecule has 0 heteroatoms. The summed E-state index contributed by atoms with van der Waals surface area (Å²) in [4.78, 5) is 0. The SMILES string of the molecule is c1ccc(-c2ccc(-c3ccc4c5cccc6c(-c7ccc8c9cccc%10cccc(c%11cccc7c%118)c%109)ccc(c7cccc3c47)c65)cc2)cc1. The zero-order chi connectivity index (χ0) is 33.9. The van der Waals surface area contributed by atoms with Crippen molar-refractivity contribution in [1.29, 1.82) is 0 Å². The van der Waals surface area contributed by atoms with Crippen LogP contribution in [0, 0.1) is 0 Å². The number of hydrogen-bond donors (Lipinski definition) is 0. The van der Waals surface area contributed by atoms with Gasteiger partial charge in [-0.2, -0.15) is 0 Å². The van der Waals surface area contributed by atoms with Gasteiger partial charge in [0.2, 0.25) is 0 Å². The molecule has 0 bridgehead atoms. The molecule has 0 saturated carbocycles. The molecular weight excluding hydrogens is 625 g/mol. The second-order valence-corrected chi connectivity index (χ2v) is 14.3. The standard InChI is InChI=1S/C52H30/c1-2-9-31(10-3-1)32-21-23-33(24-22-32)35-25-28-47-45-20-8-17-40-37(27-30-48(52(40)45)44-19-6-15-38(35)50(44)47)36-26-29-46-42-14-5-12-34-11-4-13-41(49(34)42)43-18-7-16-39(36)51(43)46/h1-30H. The second kappa shape index (κ2) is 10.4. The highest BCUT2D eigenvalue weighted by atomic mass is 14.2. The Morgan fingerprint density at radius 1 is 0.173 bits per heavy atom. The van der Waals surface area contributed by atoms with E-state index in [1.165, 1.54) is 120 Å². The first-order chi connectivity index (χ1) is 25.8. The third-order valence-electron chi connectivity index (χ3n) is 11.8. The van der Waals surface area contributed by atoms with Crippen LogP contribution < -0.4 is 0 Å². The average molecular weight is 655 g/mol. The maximum absolute atomic E-state index is 2.38. The Kier molecular flexibility index (Phi) is 5.59. The fourth-order valence-corrected chi connectivity index (χ4v) is 9.55. The largest absolute Gasteiger partial charge is 0.0622 e. The van der Waals surface area contributed by atoms with E-state index in [0.29, 0.717) is 0 Å². The van der Waals surface area contributed by atoms with E-state index in [4.69, 9.17) is 0 Å². The Morgan fingerprint density at radius 3 is 1.02 bits per heavy atom. The van der Waals surface area contributed by atoms with Crippen molar-refractivity contribution in [2.24, 2.45) is 0 Å². The van der Waals surface area contributed by atoms with E-state index in [-0.39, 0.29) is 0 Å². The van der Waals surface area contributed by atoms with E-state index in [2.05, 4.69) is 182 Å². The van der Waals surface area contributed by atoms with Crippen LogP contribution in [0.25, 0.3) is 120 Å². The van der Waals surface area contributed by atoms with Crippen molar-refractivity contribution < 1.29 is 0 Å². The van der Waals surface area contributed by atoms with Crippen molar-refractivity contribution in [2.45, 2.75) is 0 Å². The number of hydrogen-bond acceptors (Lipinski definition) is 0. The molecule has 0 atom stereocenters. The minimum Gasteiger partial charge on any atom is -0.0622 e. The maximum atomic E-state index is 2.38. The normalized spacial score (nSPS) is 12.2. The van der Waals surface area contributed by atoms with E-state index in [9.17, 15) is 0 Å². The molecule has 0 saturated heterocycles. The fraction of sp³-hybridized carbons (Fsp3) is 0. The topological polar surface area (TPSA) is 0 Å². The van der Waals surface area contributed by atoms with E-state index < -0.39 is 0 Å². The van der Waals surface area contributed by atoms with Crippen LogP contribution in [-0.4, -0.2) is 0 Å². The van der Waals surface area contributed by atoms with Crippen LogP contribution in [0.1, 0.15) is 0 Å². The van der Waals surface area contributed by atoms with Crippen LogP contribution in [0.3, 0.4) is 0 Å². The summed E-state index contributed by atoms with van der Waals surface area (Å²) in [7, 11) is 0. The van der Waals surface area contributed by atoms with Crippen molar-refractivity contribution in [2.75, 3.05) is 0 Å². The van der Waals surface area contributed by atoms with Gasteiger partial charge >= 0.3 is 0 Å². The zero-order valence-corrected chi connectivity index (χ0v) is 28.3. The summed E-state index contributed by atoms with van der Waals surface area (Å²) in [5.74, 6) is 0. The highest BCUT2D eigenvalue weighted by Crippen LogP contribution is 2.48. The molecule has 0 nitrogen and oxygen atoms in total. The van der Waals surface area contributed by atoms with Crippen molar-refractivity contribution in [3.05, 3.63) is 182 Å². The fourth-order valence-electron chi connectivity index (χ4n) is 9.55. The molecule has 12 aromatic rings. The molecule has 0 fully saturated rings. The van der Waals surface area contributed by atoms with Crippen molar-refractivity contribution >= 4 is 86.2 Å². The molecule has 238 valence electrons. The highest BCUT2D eigenvalue weighted by molar-refractivity contribution is 6.37. The molecule has 0 aliphatic rings. The van der Waals surface area contributed by atoms with Gasteiger partial charge in [0, 0.05) is 0 Å². The lowest BCUT2D eigenvalue weighted by atomic mass is 9.83. The van der Waals surface area contributed by atoms with Gasteiger partial charge in [-0.3, -0.25) is 0 Å². The molecule has 0 amide bonds. The van der Waals surface area contributed by atoms with Crippen LogP contribution in [0.5, 0.6) is 0 Å². The van der Waals surface area contributed by atoms with Crippen LogP contribution in [0.15, 0.2) is 182 Å². The molecule has 0 aromatic heterocycles. The highest BCUT2D eigenvalue weighted by Gasteiger charge is 2.20. The predicted molar refractivity (Wildman–Crippen MR) is 225 cm³/mol. The average Bonchev–Trinajstić information content (AvgIpc) is 3.22. The molecule has 52 heavy (non-hydrogen) atoms. The lowest BCUT2D eigenvalue weighted by Gasteiger charge is -2.20. The van der Waals surface area contributed by atoms with E-state index >= 15 is 0 Å². The Balaban J connectivity index is 1.10. The number of rotatable bonds is 3. The van der Waals surface area contributed by atoms with Gasteiger partial charge in [0.15, 0.2) is 0 Å². The van der Waals surface area contributed by atoms with Crippen LogP contribution in [0.4, 0.5) is 0 Å². The monoisotopic (exact) mass is 654 g/mol. The minimum absolute atomic E-state index is 1.24. The van der Waals surface area contributed by atoms with Gasteiger partial charge < -0.3 is 0 Å². The molecule has 0 aliphatic carbocycles. The van der Waals surface area contributed by atoms with Gasteiger partial charge in [-0.15, -0.1) is 0 Å². The first-order valence-electron chi connectivity index (χ1n) is 18.2. The smallest absolute Gasteiger partial charge is 0.00201 e. The Bertz CT molecular complexity index is 3300. The number of benzene rings is 12. The third kappa shape index (κ3) is 3.71. The molecule has 0 heterocycles. The van der Waals surface area contributed by atoms with Crippen LogP contribution in [-0.2, 0) is 0 Å². The van der Waals surface area contributed by atoms with E-state index in [1.807, 2.05) is 0 Å². The summed E-state index contributed by atoms with van der Waals surface area (Å²) >= 11 is 0. The molecule has 12 aromatic carbocycles. The predicted octanol–water partition coefficient (Wildman–Crippen LogP) is 14.8. The Hall–Kier alpha value is -6.76. The van der Waals surface area contributed by atoms with Gasteiger partial charge in [-0.25, -0.2) is 0 Å². The molecule has 0 N–H and O–H groups in total. The van der Waals surface area contributed by atoms with Gasteiger partial charge in [0.1, 0.15) is 0 Å². The van der Waals surface area contributed by atoms with Crippen LogP contribution in [0.2, 0.25) is 0 Å². The van der Waals surface area contributed by atoms with Crippen molar-refractivity contribution in [3.8, 4) is 33.4 Å². The van der Waals surface area contributed by atoms with Gasteiger partial charge in [-0.05, 0) is 120 Å². The second-order valence-electron chi connectivity index (χ2n) is 14.3. The van der Waals surface area contributed by atoms with E-state index in [1.54, 1.807) is 0 Å². The number of fused-ring (bicyclic) bond motifs is 4. The van der Waals surface area contributed by atoms with Gasteiger partial charge in [0.05, 0.1) is 0 Å². The summed E-state index contributed by atoms with van der Waals surface area (Å²) in [5.41, 5.74) is 7.56. The molecular formula is C52H30. The van der Waals surface area contributed by atoms with Gasteiger partial charge in [0.25, 0.3) is 0 Å². The van der Waals surface area contributed by atoms with Crippen molar-refractivity contribution in [3.63, 3.8) is 0 Å². The zero-order valence-electron chi connectivity index (χ0n) is 28.3. The third-order valence-corrected chi connectivity index (χ3v) is 11.8.